The van der Waals surface area contributed by atoms with Crippen molar-refractivity contribution < 1.29 is 19.1 Å². The molecule has 0 saturated carbocycles. The van der Waals surface area contributed by atoms with E-state index in [9.17, 15) is 9.59 Å². The van der Waals surface area contributed by atoms with E-state index >= 15 is 0 Å². The third kappa shape index (κ3) is 6.98. The Hall–Kier alpha value is -3.03. The summed E-state index contributed by atoms with van der Waals surface area (Å²) in [6, 6.07) is 7.06. The van der Waals surface area contributed by atoms with E-state index in [1.54, 1.807) is 20.3 Å². The summed E-state index contributed by atoms with van der Waals surface area (Å²) in [7, 11) is 3.22. The molecule has 2 aromatic rings. The van der Waals surface area contributed by atoms with Gasteiger partial charge < -0.3 is 20.1 Å². The van der Waals surface area contributed by atoms with Gasteiger partial charge in [0.2, 0.25) is 5.91 Å². The number of hydrogen-bond donors (Lipinski definition) is 2. The number of hydrogen-bond acceptors (Lipinski definition) is 5. The van der Waals surface area contributed by atoms with Crippen LogP contribution < -0.4 is 20.1 Å². The molecule has 2 unspecified atom stereocenters. The molecule has 2 N–H and O–H groups in total. The molecular weight excluding hydrogens is 432 g/mol. The molecule has 0 aliphatic heterocycles. The minimum atomic E-state index is -0.306. The third-order valence-corrected chi connectivity index (χ3v) is 5.98. The number of methoxy groups -OCH3 is 2. The van der Waals surface area contributed by atoms with Gasteiger partial charge in [-0.15, -0.1) is 0 Å². The van der Waals surface area contributed by atoms with Gasteiger partial charge in [-0.25, -0.2) is 0 Å². The molecule has 188 valence electrons. The highest BCUT2D eigenvalue weighted by atomic mass is 16.5. The van der Waals surface area contributed by atoms with Crippen molar-refractivity contribution in [2.24, 2.45) is 11.8 Å². The van der Waals surface area contributed by atoms with Gasteiger partial charge >= 0.3 is 0 Å². The summed E-state index contributed by atoms with van der Waals surface area (Å²) in [5.41, 5.74) is 1.80. The second-order valence-corrected chi connectivity index (χ2v) is 9.03. The number of nitrogens with one attached hydrogen (secondary N) is 2. The average molecular weight is 473 g/mol. The van der Waals surface area contributed by atoms with Crippen LogP contribution in [0.1, 0.15) is 64.4 Å². The Morgan fingerprint density at radius 2 is 1.74 bits per heavy atom. The highest BCUT2D eigenvalue weighted by Gasteiger charge is 2.25. The lowest BCUT2D eigenvalue weighted by molar-refractivity contribution is -0.121. The first-order valence-electron chi connectivity index (χ1n) is 12.1. The van der Waals surface area contributed by atoms with Crippen LogP contribution in [0.25, 0.3) is 11.3 Å². The Morgan fingerprint density at radius 1 is 1.09 bits per heavy atom. The van der Waals surface area contributed by atoms with Crippen LogP contribution in [0, 0.1) is 11.8 Å². The maximum Gasteiger partial charge on any atom is 0.272 e. The summed E-state index contributed by atoms with van der Waals surface area (Å²) in [4.78, 5) is 25.5. The molecule has 0 bridgehead atoms. The topological polar surface area (TPSA) is 94.5 Å². The van der Waals surface area contributed by atoms with E-state index in [1.807, 2.05) is 43.7 Å². The summed E-state index contributed by atoms with van der Waals surface area (Å²) in [6.45, 7) is 11.5. The van der Waals surface area contributed by atoms with Gasteiger partial charge in [-0.2, -0.15) is 5.10 Å². The van der Waals surface area contributed by atoms with Gasteiger partial charge in [0.1, 0.15) is 11.5 Å². The molecule has 0 aliphatic rings. The highest BCUT2D eigenvalue weighted by Crippen LogP contribution is 2.39. The second kappa shape index (κ2) is 13.0. The quantitative estimate of drug-likeness (QED) is 0.454. The van der Waals surface area contributed by atoms with Gasteiger partial charge in [-0.05, 0) is 36.5 Å². The number of rotatable bonds is 13. The molecular formula is C26H40N4O4. The first kappa shape index (κ1) is 27.2. The summed E-state index contributed by atoms with van der Waals surface area (Å²) >= 11 is 0. The summed E-state index contributed by atoms with van der Waals surface area (Å²) in [5.74, 6) is 1.37. The lowest BCUT2D eigenvalue weighted by Crippen LogP contribution is -2.42. The fourth-order valence-corrected chi connectivity index (χ4v) is 3.63. The van der Waals surface area contributed by atoms with Crippen LogP contribution in [0.5, 0.6) is 11.5 Å². The van der Waals surface area contributed by atoms with Gasteiger partial charge in [0, 0.05) is 25.6 Å². The van der Waals surface area contributed by atoms with E-state index in [2.05, 4.69) is 29.6 Å². The molecule has 2 amide bonds. The Morgan fingerprint density at radius 3 is 2.26 bits per heavy atom. The normalized spacial score (nSPS) is 12.8. The van der Waals surface area contributed by atoms with Crippen LogP contribution in [0.3, 0.4) is 0 Å². The van der Waals surface area contributed by atoms with E-state index in [0.717, 1.165) is 24.1 Å². The molecule has 1 aromatic heterocycles. The van der Waals surface area contributed by atoms with Gasteiger partial charge in [0.15, 0.2) is 5.69 Å². The largest absolute Gasteiger partial charge is 0.496 e. The zero-order chi connectivity index (χ0) is 25.3. The number of carbonyl (C=O) groups is 2. The SMILES string of the molecule is CCCNC(=O)CC(NC(=O)c1cc(-c2c(OC)cccc2OC)n(CC(C)CC)n1)C(C)C. The van der Waals surface area contributed by atoms with Crippen molar-refractivity contribution in [3.05, 3.63) is 30.0 Å². The maximum absolute atomic E-state index is 13.2. The zero-order valence-corrected chi connectivity index (χ0v) is 21.6. The van der Waals surface area contributed by atoms with Crippen molar-refractivity contribution in [3.8, 4) is 22.8 Å². The summed E-state index contributed by atoms with van der Waals surface area (Å²) in [5, 5.41) is 10.6. The standard InChI is InChI=1S/C26H40N4O4/c1-8-13-27-24(31)15-19(17(3)4)28-26(32)20-14-21(30(29-20)16-18(5)9-2)25-22(33-6)11-10-12-23(25)34-7/h10-12,14,17-19H,8-9,13,15-16H2,1-7H3,(H,27,31)(H,28,32). The molecule has 0 fully saturated rings. The van der Waals surface area contributed by atoms with Crippen LogP contribution >= 0.6 is 0 Å². The Kier molecular flexibility index (Phi) is 10.4. The van der Waals surface area contributed by atoms with E-state index in [1.165, 1.54) is 0 Å². The van der Waals surface area contributed by atoms with Crippen molar-refractivity contribution in [3.63, 3.8) is 0 Å². The fraction of sp³-hybridized carbons (Fsp3) is 0.577. The number of benzene rings is 1. The van der Waals surface area contributed by atoms with Crippen LogP contribution in [0.4, 0.5) is 0 Å². The fourth-order valence-electron chi connectivity index (χ4n) is 3.63. The third-order valence-electron chi connectivity index (χ3n) is 5.98. The van der Waals surface area contributed by atoms with E-state index in [4.69, 9.17) is 9.47 Å². The Labute approximate surface area is 203 Å². The molecule has 0 spiro atoms. The molecule has 0 radical (unpaired) electrons. The molecule has 8 heteroatoms. The number of carbonyl (C=O) groups excluding carboxylic acids is 2. The van der Waals surface area contributed by atoms with Gasteiger partial charge in [0.05, 0.1) is 25.5 Å². The molecule has 2 atom stereocenters. The van der Waals surface area contributed by atoms with Gasteiger partial charge in [-0.1, -0.05) is 47.1 Å². The van der Waals surface area contributed by atoms with E-state index < -0.39 is 0 Å². The van der Waals surface area contributed by atoms with Gasteiger partial charge in [-0.3, -0.25) is 14.3 Å². The average Bonchev–Trinajstić information content (AvgIpc) is 3.24. The summed E-state index contributed by atoms with van der Waals surface area (Å²) in [6.07, 6.45) is 2.07. The lowest BCUT2D eigenvalue weighted by atomic mass is 10.00. The van der Waals surface area contributed by atoms with Crippen molar-refractivity contribution in [1.82, 2.24) is 20.4 Å². The predicted octanol–water partition coefficient (Wildman–Crippen LogP) is 4.28. The monoisotopic (exact) mass is 472 g/mol. The molecule has 0 aliphatic carbocycles. The smallest absolute Gasteiger partial charge is 0.272 e. The number of amides is 2. The molecule has 34 heavy (non-hydrogen) atoms. The number of aromatic nitrogens is 2. The Bertz CT molecular complexity index is 932. The lowest BCUT2D eigenvalue weighted by Gasteiger charge is -2.21. The maximum atomic E-state index is 13.2. The molecule has 0 saturated heterocycles. The number of nitrogens with zero attached hydrogens (tertiary/aromatic N) is 2. The zero-order valence-electron chi connectivity index (χ0n) is 21.6. The van der Waals surface area contributed by atoms with Crippen LogP contribution in [-0.2, 0) is 11.3 Å². The van der Waals surface area contributed by atoms with Crippen molar-refractivity contribution in [2.75, 3.05) is 20.8 Å². The predicted molar refractivity (Wildman–Crippen MR) is 134 cm³/mol. The molecule has 1 aromatic carbocycles. The molecule has 2 rings (SSSR count). The van der Waals surface area contributed by atoms with Crippen molar-refractivity contribution >= 4 is 11.8 Å². The first-order chi connectivity index (χ1) is 16.2. The minimum absolute atomic E-state index is 0.0670. The number of ether oxygens (including phenoxy) is 2. The van der Waals surface area contributed by atoms with Gasteiger partial charge in [0.25, 0.3) is 5.91 Å². The molecule has 1 heterocycles. The van der Waals surface area contributed by atoms with Crippen LogP contribution in [-0.4, -0.2) is 48.4 Å². The summed E-state index contributed by atoms with van der Waals surface area (Å²) < 4.78 is 13.1. The first-order valence-corrected chi connectivity index (χ1v) is 12.1. The highest BCUT2D eigenvalue weighted by molar-refractivity contribution is 5.94. The Balaban J connectivity index is 2.41. The minimum Gasteiger partial charge on any atom is -0.496 e. The molecule has 8 nitrogen and oxygen atoms in total. The van der Waals surface area contributed by atoms with Crippen LogP contribution in [0.15, 0.2) is 24.3 Å². The van der Waals surface area contributed by atoms with E-state index in [0.29, 0.717) is 36.2 Å². The second-order valence-electron chi connectivity index (χ2n) is 9.03. The van der Waals surface area contributed by atoms with Crippen LogP contribution in [0.2, 0.25) is 0 Å². The van der Waals surface area contributed by atoms with Crippen molar-refractivity contribution in [1.29, 1.82) is 0 Å². The van der Waals surface area contributed by atoms with Crippen molar-refractivity contribution in [2.45, 2.75) is 66.5 Å². The van der Waals surface area contributed by atoms with E-state index in [-0.39, 0.29) is 30.2 Å².